The fourth-order valence-corrected chi connectivity index (χ4v) is 1.69. The number of hydrogen-bond acceptors (Lipinski definition) is 1. The van der Waals surface area contributed by atoms with Crippen molar-refractivity contribution in [3.05, 3.63) is 5.32 Å². The number of likely N-dealkylation sites (N-methyl/N-ethyl adjacent to an activating group) is 1. The Kier molecular flexibility index (Phi) is 4.55. The van der Waals surface area contributed by atoms with Gasteiger partial charge in [0.15, 0.2) is 0 Å². The molecule has 1 N–H and O–H groups in total. The van der Waals surface area contributed by atoms with E-state index in [4.69, 9.17) is 0 Å². The normalized spacial score (nSPS) is 20.5. The van der Waals surface area contributed by atoms with Gasteiger partial charge in [-0.15, -0.1) is 6.54 Å². The second kappa shape index (κ2) is 5.56. The van der Waals surface area contributed by atoms with Gasteiger partial charge in [-0.05, 0) is 19.4 Å². The predicted octanol–water partition coefficient (Wildman–Crippen LogP) is 1.91. The van der Waals surface area contributed by atoms with Crippen molar-refractivity contribution in [1.82, 2.24) is 5.32 Å². The van der Waals surface area contributed by atoms with Crippen LogP contribution in [-0.2, 0) is 0 Å². The Labute approximate surface area is 69.8 Å². The number of nitrogens with zero attached hydrogens (tertiary/aromatic N) is 1. The van der Waals surface area contributed by atoms with Crippen molar-refractivity contribution < 1.29 is 0 Å². The van der Waals surface area contributed by atoms with Crippen LogP contribution >= 0.6 is 0 Å². The van der Waals surface area contributed by atoms with E-state index >= 15 is 0 Å². The highest BCUT2D eigenvalue weighted by molar-refractivity contribution is 4.76. The van der Waals surface area contributed by atoms with Crippen LogP contribution in [0, 0.1) is 0 Å². The molecule has 0 bridgehead atoms. The van der Waals surface area contributed by atoms with Gasteiger partial charge in [-0.25, -0.2) is 0 Å². The van der Waals surface area contributed by atoms with Gasteiger partial charge in [-0.2, -0.15) is 7.05 Å². The largest absolute Gasteiger partial charge is 0.664 e. The highest BCUT2D eigenvalue weighted by Crippen LogP contribution is 2.16. The summed E-state index contributed by atoms with van der Waals surface area (Å²) in [6.07, 6.45) is 7.03. The van der Waals surface area contributed by atoms with Crippen LogP contribution in [0.5, 0.6) is 0 Å². The molecule has 66 valence electrons. The van der Waals surface area contributed by atoms with E-state index < -0.39 is 0 Å². The molecule has 0 aromatic rings. The van der Waals surface area contributed by atoms with Gasteiger partial charge < -0.3 is 10.6 Å². The zero-order valence-corrected chi connectivity index (χ0v) is 7.47. The summed E-state index contributed by atoms with van der Waals surface area (Å²) in [6, 6.07) is 0.797. The van der Waals surface area contributed by atoms with Gasteiger partial charge in [0.05, 0.1) is 0 Å². The highest BCUT2D eigenvalue weighted by Gasteiger charge is 2.10. The Bertz CT molecular complexity index is 87.6. The summed E-state index contributed by atoms with van der Waals surface area (Å²) in [6.45, 7) is 2.04. The average molecular weight is 155 g/mol. The first-order valence-electron chi connectivity index (χ1n) is 4.72. The van der Waals surface area contributed by atoms with Gasteiger partial charge in [0.2, 0.25) is 0 Å². The second-order valence-electron chi connectivity index (χ2n) is 3.33. The van der Waals surface area contributed by atoms with Crippen molar-refractivity contribution in [2.75, 3.05) is 20.1 Å². The van der Waals surface area contributed by atoms with E-state index in [2.05, 4.69) is 10.6 Å². The van der Waals surface area contributed by atoms with Crippen molar-refractivity contribution in [3.63, 3.8) is 0 Å². The van der Waals surface area contributed by atoms with Crippen molar-refractivity contribution in [2.24, 2.45) is 0 Å². The van der Waals surface area contributed by atoms with Gasteiger partial charge in [-0.1, -0.05) is 19.3 Å². The monoisotopic (exact) mass is 155 g/mol. The van der Waals surface area contributed by atoms with E-state index in [-0.39, 0.29) is 0 Å². The summed E-state index contributed by atoms with van der Waals surface area (Å²) in [7, 11) is 1.88. The summed E-state index contributed by atoms with van der Waals surface area (Å²) in [5, 5.41) is 7.59. The molecule has 0 unspecified atom stereocenters. The van der Waals surface area contributed by atoms with E-state index in [0.29, 0.717) is 0 Å². The van der Waals surface area contributed by atoms with Crippen molar-refractivity contribution >= 4 is 0 Å². The van der Waals surface area contributed by atoms with E-state index in [1.807, 2.05) is 7.05 Å². The van der Waals surface area contributed by atoms with Crippen LogP contribution in [0.2, 0.25) is 0 Å². The molecule has 0 saturated heterocycles. The van der Waals surface area contributed by atoms with Gasteiger partial charge in [0.1, 0.15) is 0 Å². The fraction of sp³-hybridized carbons (Fsp3) is 1.00. The molecule has 2 nitrogen and oxygen atoms in total. The second-order valence-corrected chi connectivity index (χ2v) is 3.33. The quantitative estimate of drug-likeness (QED) is 0.617. The van der Waals surface area contributed by atoms with Crippen LogP contribution in [0.3, 0.4) is 0 Å². The molecule has 1 rings (SSSR count). The van der Waals surface area contributed by atoms with Crippen LogP contribution in [-0.4, -0.2) is 26.2 Å². The Morgan fingerprint density at radius 3 is 2.64 bits per heavy atom. The molecule has 0 aromatic carbocycles. The molecule has 0 amide bonds. The summed E-state index contributed by atoms with van der Waals surface area (Å²) in [5.41, 5.74) is 0. The maximum atomic E-state index is 4.06. The molecule has 0 spiro atoms. The van der Waals surface area contributed by atoms with E-state index in [9.17, 15) is 0 Å². The van der Waals surface area contributed by atoms with Crippen molar-refractivity contribution in [2.45, 2.75) is 38.1 Å². The molecule has 2 heteroatoms. The molecule has 0 heterocycles. The average Bonchev–Trinajstić information content (AvgIpc) is 2.07. The molecule has 1 saturated carbocycles. The number of nitrogens with one attached hydrogen (secondary N) is 1. The van der Waals surface area contributed by atoms with E-state index in [0.717, 1.165) is 19.1 Å². The first-order valence-corrected chi connectivity index (χ1v) is 4.72. The van der Waals surface area contributed by atoms with Gasteiger partial charge in [0, 0.05) is 6.04 Å². The Morgan fingerprint density at radius 1 is 1.27 bits per heavy atom. The Balaban J connectivity index is 1.96. The lowest BCUT2D eigenvalue weighted by Gasteiger charge is -2.24. The SMILES string of the molecule is C[N-]CCNC1CCCCC1. The minimum atomic E-state index is 0.797. The lowest BCUT2D eigenvalue weighted by atomic mass is 9.95. The molecule has 1 fully saturated rings. The molecule has 1 aliphatic rings. The Hall–Kier alpha value is -0.0800. The molecule has 0 aromatic heterocycles. The molecular weight excluding hydrogens is 136 g/mol. The lowest BCUT2D eigenvalue weighted by Crippen LogP contribution is -2.32. The summed E-state index contributed by atoms with van der Waals surface area (Å²) in [4.78, 5) is 0. The zero-order chi connectivity index (χ0) is 7.94. The molecule has 0 radical (unpaired) electrons. The lowest BCUT2D eigenvalue weighted by molar-refractivity contribution is 0.379. The first kappa shape index (κ1) is 9.01. The predicted molar refractivity (Wildman–Crippen MR) is 49.0 cm³/mol. The van der Waals surface area contributed by atoms with Crippen molar-refractivity contribution in [1.29, 1.82) is 0 Å². The highest BCUT2D eigenvalue weighted by atomic mass is 14.9. The van der Waals surface area contributed by atoms with E-state index in [1.54, 1.807) is 0 Å². The third kappa shape index (κ3) is 3.73. The summed E-state index contributed by atoms with van der Waals surface area (Å²) < 4.78 is 0. The summed E-state index contributed by atoms with van der Waals surface area (Å²) >= 11 is 0. The minimum Gasteiger partial charge on any atom is -0.664 e. The molecule has 11 heavy (non-hydrogen) atoms. The van der Waals surface area contributed by atoms with Crippen LogP contribution < -0.4 is 5.32 Å². The number of hydrogen-bond donors (Lipinski definition) is 1. The third-order valence-corrected chi connectivity index (χ3v) is 2.37. The summed E-state index contributed by atoms with van der Waals surface area (Å²) in [5.74, 6) is 0. The third-order valence-electron chi connectivity index (χ3n) is 2.37. The molecule has 0 atom stereocenters. The van der Waals surface area contributed by atoms with Crippen LogP contribution in [0.4, 0.5) is 0 Å². The fourth-order valence-electron chi connectivity index (χ4n) is 1.69. The van der Waals surface area contributed by atoms with Crippen molar-refractivity contribution in [3.8, 4) is 0 Å². The van der Waals surface area contributed by atoms with Gasteiger partial charge in [0.25, 0.3) is 0 Å². The van der Waals surface area contributed by atoms with Gasteiger partial charge in [-0.3, -0.25) is 0 Å². The Morgan fingerprint density at radius 2 is 2.00 bits per heavy atom. The molecule has 1 aliphatic carbocycles. The zero-order valence-electron chi connectivity index (χ0n) is 7.47. The topological polar surface area (TPSA) is 26.1 Å². The smallest absolute Gasteiger partial charge is 0.00663 e. The molecule has 0 aliphatic heterocycles. The van der Waals surface area contributed by atoms with Gasteiger partial charge >= 0.3 is 0 Å². The first-order chi connectivity index (χ1) is 5.43. The minimum absolute atomic E-state index is 0.797. The van der Waals surface area contributed by atoms with Crippen LogP contribution in [0.1, 0.15) is 32.1 Å². The standard InChI is InChI=1S/C9H19N2/c1-10-7-8-11-9-5-3-2-4-6-9/h9,11H,2-8H2,1H3/q-1. The van der Waals surface area contributed by atoms with Crippen LogP contribution in [0.25, 0.3) is 5.32 Å². The van der Waals surface area contributed by atoms with Crippen LogP contribution in [0.15, 0.2) is 0 Å². The maximum Gasteiger partial charge on any atom is 0.00663 e. The molecular formula is C9H19N2-. The number of rotatable bonds is 4. The van der Waals surface area contributed by atoms with E-state index in [1.165, 1.54) is 32.1 Å². The maximum absolute atomic E-state index is 4.06.